The molecule has 17 aromatic carbocycles. The number of nitrogens with zero attached hydrogens (tertiary/aromatic N) is 6. The molecule has 0 unspecified atom stereocenters. The molecular formula is C94H62B2N6. The van der Waals surface area contributed by atoms with Crippen molar-refractivity contribution in [2.75, 3.05) is 29.4 Å². The highest BCUT2D eigenvalue weighted by molar-refractivity contribution is 7.03. The minimum absolute atomic E-state index is 0.241. The Labute approximate surface area is 593 Å². The van der Waals surface area contributed by atoms with E-state index in [4.69, 9.17) is 0 Å². The predicted octanol–water partition coefficient (Wildman–Crippen LogP) is 21.4. The lowest BCUT2D eigenvalue weighted by molar-refractivity contribution is 1.21. The molecule has 4 aliphatic heterocycles. The molecule has 17 aromatic rings. The van der Waals surface area contributed by atoms with Crippen LogP contribution in [0.15, 0.2) is 376 Å². The zero-order chi connectivity index (χ0) is 66.9. The average molecular weight is 1300 g/mol. The van der Waals surface area contributed by atoms with Gasteiger partial charge in [-0.1, -0.05) is 237 Å². The molecule has 0 bridgehead atoms. The van der Waals surface area contributed by atoms with E-state index in [0.29, 0.717) is 0 Å². The Balaban J connectivity index is 0.909. The summed E-state index contributed by atoms with van der Waals surface area (Å²) in [4.78, 5) is 15.3. The van der Waals surface area contributed by atoms with E-state index in [1.165, 1.54) is 75.9 Å². The van der Waals surface area contributed by atoms with Crippen LogP contribution < -0.4 is 62.2 Å². The predicted molar refractivity (Wildman–Crippen MR) is 434 cm³/mol. The second-order valence-corrected chi connectivity index (χ2v) is 27.2. The van der Waals surface area contributed by atoms with E-state index in [-0.39, 0.29) is 13.4 Å². The first-order valence-corrected chi connectivity index (χ1v) is 35.3. The van der Waals surface area contributed by atoms with E-state index in [2.05, 4.69) is 406 Å². The van der Waals surface area contributed by atoms with Crippen molar-refractivity contribution in [1.82, 2.24) is 0 Å². The summed E-state index contributed by atoms with van der Waals surface area (Å²) in [6, 6.07) is 141. The first-order chi connectivity index (χ1) is 50.6. The van der Waals surface area contributed by atoms with Crippen LogP contribution in [0.25, 0.3) is 43.1 Å². The smallest absolute Gasteiger partial charge is 0.252 e. The molecular weight excluding hydrogens is 1230 g/mol. The molecule has 0 spiro atoms. The van der Waals surface area contributed by atoms with E-state index in [1.807, 2.05) is 0 Å². The third kappa shape index (κ3) is 9.09. The molecule has 4 aliphatic rings. The van der Waals surface area contributed by atoms with E-state index >= 15 is 0 Å². The van der Waals surface area contributed by atoms with Crippen LogP contribution in [0, 0.1) is 0 Å². The van der Waals surface area contributed by atoms with Gasteiger partial charge in [0.25, 0.3) is 13.4 Å². The summed E-state index contributed by atoms with van der Waals surface area (Å²) in [6.45, 7) is -0.481. The van der Waals surface area contributed by atoms with Gasteiger partial charge in [0.05, 0.1) is 11.4 Å². The summed E-state index contributed by atoms with van der Waals surface area (Å²) in [7, 11) is 0. The van der Waals surface area contributed by atoms with Crippen molar-refractivity contribution in [3.8, 4) is 0 Å². The van der Waals surface area contributed by atoms with E-state index < -0.39 is 0 Å². The lowest BCUT2D eigenvalue weighted by Crippen LogP contribution is -2.65. The second-order valence-electron chi connectivity index (χ2n) is 27.2. The van der Waals surface area contributed by atoms with Gasteiger partial charge in [-0.2, -0.15) is 0 Å². The van der Waals surface area contributed by atoms with E-state index in [1.54, 1.807) is 0 Å². The monoisotopic (exact) mass is 1300 g/mol. The highest BCUT2D eigenvalue weighted by Crippen LogP contribution is 2.53. The van der Waals surface area contributed by atoms with Crippen LogP contribution in [0.4, 0.5) is 102 Å². The Morgan fingerprint density at radius 3 is 0.755 bits per heavy atom. The van der Waals surface area contributed by atoms with Crippen LogP contribution in [0.1, 0.15) is 0 Å². The average Bonchev–Trinajstić information content (AvgIpc) is 0.681. The van der Waals surface area contributed by atoms with Gasteiger partial charge in [-0.05, 0) is 215 Å². The fourth-order valence-corrected chi connectivity index (χ4v) is 17.2. The molecule has 0 saturated carbocycles. The van der Waals surface area contributed by atoms with Crippen LogP contribution in [0.3, 0.4) is 0 Å². The van der Waals surface area contributed by atoms with Gasteiger partial charge < -0.3 is 29.4 Å². The Bertz CT molecular complexity index is 5750. The van der Waals surface area contributed by atoms with Gasteiger partial charge in [0.15, 0.2) is 0 Å². The maximum absolute atomic E-state index is 2.67. The molecule has 4 heterocycles. The fraction of sp³-hybridized carbons (Fsp3) is 0. The van der Waals surface area contributed by atoms with Gasteiger partial charge in [-0.3, -0.25) is 0 Å². The van der Waals surface area contributed by atoms with Gasteiger partial charge in [0.2, 0.25) is 0 Å². The number of fused-ring (bicyclic) bond motifs is 12. The standard InChI is InChI=1S/C94H62B2N6/c1-7-35-71(36-8-1)97(72-37-9-2-10-38-72)79-57-89-93-91(59-79)101(77-49-47-63-27-19-21-29-65(63)51-77)85-55-69-33-25-23-31-67(69)53-81(85)95(93)83-61-84-88(62-87(83)99(89)75-43-15-5-16-44-75)100(76-45-17-6-18-46-76)90-58-80(98(73-39-11-3-12-40-73)74-41-13-4-14-42-74)60-92-94(90)96(84)82-54-68-32-24-26-34-70(68)56-86(82)102(92)78-50-48-64-28-20-22-30-66(64)52-78/h1-62H. The van der Waals surface area contributed by atoms with Gasteiger partial charge >= 0.3 is 0 Å². The van der Waals surface area contributed by atoms with Crippen LogP contribution in [-0.2, 0) is 0 Å². The number of para-hydroxylation sites is 6. The Hall–Kier alpha value is -13.3. The Morgan fingerprint density at radius 1 is 0.167 bits per heavy atom. The first kappa shape index (κ1) is 57.7. The Morgan fingerprint density at radius 2 is 0.422 bits per heavy atom. The lowest BCUT2D eigenvalue weighted by Gasteiger charge is -2.48. The number of hydrogen-bond donors (Lipinski definition) is 0. The number of rotatable bonds is 10. The van der Waals surface area contributed by atoms with Gasteiger partial charge in [0, 0.05) is 91.0 Å². The van der Waals surface area contributed by atoms with Crippen molar-refractivity contribution in [1.29, 1.82) is 0 Å². The molecule has 102 heavy (non-hydrogen) atoms. The molecule has 0 amide bonds. The summed E-state index contributed by atoms with van der Waals surface area (Å²) in [5.74, 6) is 0. The molecule has 6 nitrogen and oxygen atoms in total. The van der Waals surface area contributed by atoms with Crippen molar-refractivity contribution in [3.63, 3.8) is 0 Å². The molecule has 474 valence electrons. The highest BCUT2D eigenvalue weighted by atomic mass is 15.2. The summed E-state index contributed by atoms with van der Waals surface area (Å²) < 4.78 is 0. The molecule has 0 N–H and O–H groups in total. The highest BCUT2D eigenvalue weighted by Gasteiger charge is 2.49. The summed E-state index contributed by atoms with van der Waals surface area (Å²) in [5.41, 5.74) is 27.2. The molecule has 0 atom stereocenters. The van der Waals surface area contributed by atoms with Crippen LogP contribution in [0.2, 0.25) is 0 Å². The number of anilines is 18. The molecule has 8 heteroatoms. The van der Waals surface area contributed by atoms with E-state index in [0.717, 1.165) is 102 Å². The van der Waals surface area contributed by atoms with E-state index in [9.17, 15) is 0 Å². The number of benzene rings is 17. The SMILES string of the molecule is c1ccc(N(c2ccccc2)c2cc3c4c(c2)N(c2ccc5ccccc5c2)c2cc5ccccc5cc2B4c2cc4c(cc2N3c2ccccc2)N(c2ccccc2)c2cc(N(c3ccccc3)c3ccccc3)cc3c2B4c2cc4ccccc4cc2N3c2ccc3ccccc3c2)cc1. The van der Waals surface area contributed by atoms with Gasteiger partial charge in [0.1, 0.15) is 0 Å². The normalized spacial score (nSPS) is 13.0. The minimum atomic E-state index is -0.241. The molecule has 0 radical (unpaired) electrons. The zero-order valence-corrected chi connectivity index (χ0v) is 55.6. The van der Waals surface area contributed by atoms with Crippen LogP contribution in [-0.4, -0.2) is 13.4 Å². The van der Waals surface area contributed by atoms with Gasteiger partial charge in [-0.15, -0.1) is 0 Å². The summed E-state index contributed by atoms with van der Waals surface area (Å²) in [5, 5.41) is 9.55. The lowest BCUT2D eigenvalue weighted by atomic mass is 9.30. The molecule has 0 aromatic heterocycles. The third-order valence-electron chi connectivity index (χ3n) is 21.5. The minimum Gasteiger partial charge on any atom is -0.311 e. The van der Waals surface area contributed by atoms with Crippen molar-refractivity contribution in [3.05, 3.63) is 376 Å². The topological polar surface area (TPSA) is 19.4 Å². The summed E-state index contributed by atoms with van der Waals surface area (Å²) >= 11 is 0. The molecule has 0 saturated heterocycles. The van der Waals surface area contributed by atoms with Crippen molar-refractivity contribution < 1.29 is 0 Å². The van der Waals surface area contributed by atoms with Crippen LogP contribution >= 0.6 is 0 Å². The summed E-state index contributed by atoms with van der Waals surface area (Å²) in [6.07, 6.45) is 0. The first-order valence-electron chi connectivity index (χ1n) is 35.3. The largest absolute Gasteiger partial charge is 0.311 e. The quantitative estimate of drug-likeness (QED) is 0.126. The third-order valence-corrected chi connectivity index (χ3v) is 21.5. The van der Waals surface area contributed by atoms with Gasteiger partial charge in [-0.25, -0.2) is 0 Å². The maximum atomic E-state index is 2.67. The van der Waals surface area contributed by atoms with Crippen molar-refractivity contribution in [2.24, 2.45) is 0 Å². The van der Waals surface area contributed by atoms with Crippen molar-refractivity contribution >= 4 is 192 Å². The Kier molecular flexibility index (Phi) is 13.1. The zero-order valence-electron chi connectivity index (χ0n) is 55.6. The molecule has 21 rings (SSSR count). The van der Waals surface area contributed by atoms with Crippen LogP contribution in [0.5, 0.6) is 0 Å². The van der Waals surface area contributed by atoms with Crippen molar-refractivity contribution in [2.45, 2.75) is 0 Å². The fourth-order valence-electron chi connectivity index (χ4n) is 17.2. The number of hydrogen-bond acceptors (Lipinski definition) is 6. The maximum Gasteiger partial charge on any atom is 0.252 e. The molecule has 0 aliphatic carbocycles. The molecule has 0 fully saturated rings. The second kappa shape index (κ2) is 23.2.